The zero-order valence-corrected chi connectivity index (χ0v) is 14.0. The first kappa shape index (κ1) is 18.0. The van der Waals surface area contributed by atoms with Gasteiger partial charge in [-0.3, -0.25) is 0 Å². The number of hydrogen-bond acceptors (Lipinski definition) is 5. The highest BCUT2D eigenvalue weighted by molar-refractivity contribution is 5.88. The first-order chi connectivity index (χ1) is 11.7. The van der Waals surface area contributed by atoms with Crippen molar-refractivity contribution >= 4 is 11.7 Å². The maximum absolute atomic E-state index is 11.9. The predicted octanol–water partition coefficient (Wildman–Crippen LogP) is 2.56. The number of methoxy groups -OCH3 is 1. The van der Waals surface area contributed by atoms with E-state index in [-0.39, 0.29) is 11.9 Å². The van der Waals surface area contributed by atoms with Gasteiger partial charge in [0.05, 0.1) is 24.6 Å². The molecule has 0 bridgehead atoms. The minimum Gasteiger partial charge on any atom is -0.475 e. The largest absolute Gasteiger partial charge is 0.475 e. The highest BCUT2D eigenvalue weighted by Crippen LogP contribution is 2.27. The van der Waals surface area contributed by atoms with Crippen molar-refractivity contribution < 1.29 is 14.3 Å². The molecule has 130 valence electrons. The van der Waals surface area contributed by atoms with Gasteiger partial charge in [-0.15, -0.1) is 0 Å². The smallest absolute Gasteiger partial charge is 0.319 e. The van der Waals surface area contributed by atoms with Crippen LogP contribution in [0.2, 0.25) is 0 Å². The molecular formula is C17H24N4O3. The maximum Gasteiger partial charge on any atom is 0.319 e. The second-order valence-electron chi connectivity index (χ2n) is 5.91. The van der Waals surface area contributed by atoms with Gasteiger partial charge in [-0.2, -0.15) is 5.26 Å². The van der Waals surface area contributed by atoms with Crippen molar-refractivity contribution in [1.29, 1.82) is 5.26 Å². The van der Waals surface area contributed by atoms with Crippen LogP contribution >= 0.6 is 0 Å². The topological polar surface area (TPSA) is 96.3 Å². The second kappa shape index (κ2) is 9.73. The van der Waals surface area contributed by atoms with E-state index in [1.54, 1.807) is 25.4 Å². The summed E-state index contributed by atoms with van der Waals surface area (Å²) in [5.74, 6) is 1.13. The van der Waals surface area contributed by atoms with Crippen LogP contribution in [0, 0.1) is 23.2 Å². The number of amides is 2. The average Bonchev–Trinajstić information content (AvgIpc) is 2.62. The molecule has 1 aliphatic rings. The molecule has 0 radical (unpaired) electrons. The summed E-state index contributed by atoms with van der Waals surface area (Å²) in [6.45, 7) is 1.57. The third kappa shape index (κ3) is 6.05. The molecule has 1 aromatic heterocycles. The second-order valence-corrected chi connectivity index (χ2v) is 5.91. The molecule has 1 fully saturated rings. The van der Waals surface area contributed by atoms with E-state index in [1.807, 2.05) is 0 Å². The van der Waals surface area contributed by atoms with Gasteiger partial charge in [0.2, 0.25) is 5.88 Å². The van der Waals surface area contributed by atoms with Gasteiger partial charge in [-0.25, -0.2) is 9.78 Å². The van der Waals surface area contributed by atoms with E-state index in [4.69, 9.17) is 14.7 Å². The van der Waals surface area contributed by atoms with Crippen LogP contribution < -0.4 is 15.4 Å². The van der Waals surface area contributed by atoms with Gasteiger partial charge in [0.15, 0.2) is 0 Å². The number of hydrogen-bond donors (Lipinski definition) is 2. The van der Waals surface area contributed by atoms with E-state index < -0.39 is 0 Å². The fourth-order valence-corrected chi connectivity index (χ4v) is 2.68. The van der Waals surface area contributed by atoms with Crippen LogP contribution in [0.1, 0.15) is 25.7 Å². The number of carbonyl (C=O) groups is 1. The molecule has 0 aromatic carbocycles. The summed E-state index contributed by atoms with van der Waals surface area (Å²) < 4.78 is 10.3. The van der Waals surface area contributed by atoms with Gasteiger partial charge in [0.1, 0.15) is 6.61 Å². The number of pyridine rings is 1. The molecule has 2 rings (SSSR count). The van der Waals surface area contributed by atoms with Crippen molar-refractivity contribution in [3.63, 3.8) is 0 Å². The molecule has 7 nitrogen and oxygen atoms in total. The molecular weight excluding hydrogens is 308 g/mol. The molecule has 24 heavy (non-hydrogen) atoms. The van der Waals surface area contributed by atoms with Crippen LogP contribution in [-0.4, -0.2) is 37.9 Å². The lowest BCUT2D eigenvalue weighted by atomic mass is 9.83. The number of carbonyl (C=O) groups excluding carboxylic acids is 1. The summed E-state index contributed by atoms with van der Waals surface area (Å²) in [7, 11) is 1.61. The molecule has 1 aromatic rings. The molecule has 1 heterocycles. The monoisotopic (exact) mass is 332 g/mol. The predicted molar refractivity (Wildman–Crippen MR) is 89.7 cm³/mol. The van der Waals surface area contributed by atoms with E-state index in [9.17, 15) is 4.79 Å². The van der Waals surface area contributed by atoms with Crippen LogP contribution in [0.15, 0.2) is 18.3 Å². The summed E-state index contributed by atoms with van der Waals surface area (Å²) in [5, 5.41) is 14.5. The molecule has 0 spiro atoms. The van der Waals surface area contributed by atoms with Gasteiger partial charge < -0.3 is 20.1 Å². The summed E-state index contributed by atoms with van der Waals surface area (Å²) >= 11 is 0. The number of nitrogens with one attached hydrogen (secondary N) is 2. The number of aromatic nitrogens is 1. The Labute approximate surface area is 142 Å². The number of nitrogens with zero attached hydrogens (tertiary/aromatic N) is 2. The highest BCUT2D eigenvalue weighted by Gasteiger charge is 2.21. The molecule has 2 amide bonds. The molecule has 7 heteroatoms. The summed E-state index contributed by atoms with van der Waals surface area (Å²) in [4.78, 5) is 16.0. The lowest BCUT2D eigenvalue weighted by molar-refractivity contribution is 0.144. The highest BCUT2D eigenvalue weighted by atomic mass is 16.5. The standard InChI is InChI=1S/C17H24N4O3/c1-23-8-9-24-16-7-6-15(12-19-16)21-17(22)20-11-14-4-2-13(10-18)3-5-14/h6-7,12-14H,2-5,8-9,11H2,1H3,(H2,20,21,22). The van der Waals surface area contributed by atoms with Crippen LogP contribution in [0.4, 0.5) is 10.5 Å². The first-order valence-electron chi connectivity index (χ1n) is 8.23. The van der Waals surface area contributed by atoms with E-state index >= 15 is 0 Å². The van der Waals surface area contributed by atoms with Crippen LogP contribution in [-0.2, 0) is 4.74 Å². The number of ether oxygens (including phenoxy) is 2. The Balaban J connectivity index is 1.68. The van der Waals surface area contributed by atoms with Crippen molar-refractivity contribution in [1.82, 2.24) is 10.3 Å². The van der Waals surface area contributed by atoms with E-state index in [0.29, 0.717) is 37.2 Å². The molecule has 0 aliphatic heterocycles. The van der Waals surface area contributed by atoms with Crippen molar-refractivity contribution in [3.05, 3.63) is 18.3 Å². The van der Waals surface area contributed by atoms with Crippen molar-refractivity contribution in [2.24, 2.45) is 11.8 Å². The fourth-order valence-electron chi connectivity index (χ4n) is 2.68. The zero-order valence-electron chi connectivity index (χ0n) is 14.0. The third-order valence-electron chi connectivity index (χ3n) is 4.11. The molecule has 0 unspecified atom stereocenters. The maximum atomic E-state index is 11.9. The number of urea groups is 1. The van der Waals surface area contributed by atoms with Gasteiger partial charge in [0, 0.05) is 25.6 Å². The van der Waals surface area contributed by atoms with E-state index in [1.165, 1.54) is 0 Å². The lowest BCUT2D eigenvalue weighted by Crippen LogP contribution is -2.34. The third-order valence-corrected chi connectivity index (χ3v) is 4.11. The van der Waals surface area contributed by atoms with Crippen molar-refractivity contribution in [2.75, 3.05) is 32.2 Å². The first-order valence-corrected chi connectivity index (χ1v) is 8.23. The van der Waals surface area contributed by atoms with Crippen LogP contribution in [0.3, 0.4) is 0 Å². The normalized spacial score (nSPS) is 20.0. The Morgan fingerprint density at radius 3 is 2.75 bits per heavy atom. The molecule has 0 atom stereocenters. The molecule has 0 saturated heterocycles. The Morgan fingerprint density at radius 1 is 1.33 bits per heavy atom. The van der Waals surface area contributed by atoms with Crippen LogP contribution in [0.5, 0.6) is 5.88 Å². The van der Waals surface area contributed by atoms with Gasteiger partial charge in [-0.05, 0) is 37.7 Å². The van der Waals surface area contributed by atoms with Crippen molar-refractivity contribution in [2.45, 2.75) is 25.7 Å². The van der Waals surface area contributed by atoms with E-state index in [0.717, 1.165) is 25.7 Å². The Hall–Kier alpha value is -2.33. The lowest BCUT2D eigenvalue weighted by Gasteiger charge is -2.24. The quantitative estimate of drug-likeness (QED) is 0.748. The molecule has 2 N–H and O–H groups in total. The minimum absolute atomic E-state index is 0.186. The molecule has 1 aliphatic carbocycles. The van der Waals surface area contributed by atoms with Crippen molar-refractivity contribution in [3.8, 4) is 11.9 Å². The Bertz CT molecular complexity index is 548. The summed E-state index contributed by atoms with van der Waals surface area (Å²) in [6.07, 6.45) is 5.40. The Kier molecular flexibility index (Phi) is 7.30. The van der Waals surface area contributed by atoms with Crippen LogP contribution in [0.25, 0.3) is 0 Å². The fraction of sp³-hybridized carbons (Fsp3) is 0.588. The summed E-state index contributed by atoms with van der Waals surface area (Å²) in [5.41, 5.74) is 0.611. The summed E-state index contributed by atoms with van der Waals surface area (Å²) in [6, 6.07) is 5.52. The average molecular weight is 332 g/mol. The molecule has 1 saturated carbocycles. The number of nitriles is 1. The number of rotatable bonds is 7. The minimum atomic E-state index is -0.243. The zero-order chi connectivity index (χ0) is 17.2. The number of anilines is 1. The Morgan fingerprint density at radius 2 is 2.12 bits per heavy atom. The SMILES string of the molecule is COCCOc1ccc(NC(=O)NCC2CCC(C#N)CC2)cn1. The van der Waals surface area contributed by atoms with Gasteiger partial charge in [0.25, 0.3) is 0 Å². The van der Waals surface area contributed by atoms with Gasteiger partial charge >= 0.3 is 6.03 Å². The van der Waals surface area contributed by atoms with Gasteiger partial charge in [-0.1, -0.05) is 0 Å². The van der Waals surface area contributed by atoms with E-state index in [2.05, 4.69) is 21.7 Å².